The average molecular weight is 587 g/mol. The molecule has 11 nitrogen and oxygen atoms in total. The number of unbranched alkanes of at least 4 members (excludes halogenated alkanes) is 13. The van der Waals surface area contributed by atoms with Crippen LogP contribution in [0.1, 0.15) is 135 Å². The van der Waals surface area contributed by atoms with E-state index in [9.17, 15) is 28.8 Å². The van der Waals surface area contributed by atoms with Crippen LogP contribution in [0.4, 0.5) is 0 Å². The van der Waals surface area contributed by atoms with Crippen molar-refractivity contribution in [1.82, 2.24) is 0 Å². The molecule has 0 aromatic rings. The average Bonchev–Trinajstić information content (AvgIpc) is 2.92. The molecule has 1 atom stereocenters. The van der Waals surface area contributed by atoms with E-state index in [1.807, 2.05) is 0 Å². The third-order valence-corrected chi connectivity index (χ3v) is 6.40. The highest BCUT2D eigenvalue weighted by Crippen LogP contribution is 2.12. The Labute approximate surface area is 243 Å². The summed E-state index contributed by atoms with van der Waals surface area (Å²) in [5, 5.41) is 17.3. The van der Waals surface area contributed by atoms with Crippen LogP contribution in [0, 0.1) is 0 Å². The molecule has 0 heterocycles. The summed E-state index contributed by atoms with van der Waals surface area (Å²) >= 11 is 0. The van der Waals surface area contributed by atoms with Gasteiger partial charge < -0.3 is 29.2 Å². The molecule has 236 valence electrons. The first-order valence-corrected chi connectivity index (χ1v) is 15.1. The van der Waals surface area contributed by atoms with Crippen molar-refractivity contribution >= 4 is 36.1 Å². The van der Waals surface area contributed by atoms with E-state index in [0.29, 0.717) is 38.5 Å². The highest BCUT2D eigenvalue weighted by molar-refractivity contribution is 5.71. The number of aliphatic carboxylic acids is 2. The molecule has 0 bridgehead atoms. The first-order chi connectivity index (χ1) is 19.7. The Morgan fingerprint density at radius 3 is 1.22 bits per heavy atom. The number of esters is 3. The highest BCUT2D eigenvalue weighted by Gasteiger charge is 2.19. The lowest BCUT2D eigenvalue weighted by atomic mass is 10.1. The van der Waals surface area contributed by atoms with Crippen LogP contribution in [0.3, 0.4) is 0 Å². The van der Waals surface area contributed by atoms with Crippen LogP contribution >= 0.6 is 0 Å². The maximum atomic E-state index is 12.3. The van der Waals surface area contributed by atoms with Gasteiger partial charge in [-0.05, 0) is 38.5 Å². The Morgan fingerprint density at radius 1 is 0.488 bits per heavy atom. The van der Waals surface area contributed by atoms with Crippen LogP contribution in [0.15, 0.2) is 0 Å². The van der Waals surface area contributed by atoms with E-state index in [-0.39, 0.29) is 45.3 Å². The molecule has 0 aromatic carbocycles. The second-order valence-corrected chi connectivity index (χ2v) is 10.3. The minimum atomic E-state index is -0.912. The number of ether oxygens (including phenoxy) is 3. The summed E-state index contributed by atoms with van der Waals surface area (Å²) in [5.74, 6) is -2.98. The van der Waals surface area contributed by atoms with Gasteiger partial charge in [0.25, 0.3) is 0 Å². The monoisotopic (exact) mass is 586 g/mol. The number of hydrogen-bond donors (Lipinski definition) is 2. The Hall–Kier alpha value is -2.98. The van der Waals surface area contributed by atoms with Gasteiger partial charge in [-0.2, -0.15) is 0 Å². The molecule has 0 aliphatic heterocycles. The molecule has 0 radical (unpaired) electrons. The van der Waals surface area contributed by atoms with E-state index in [0.717, 1.165) is 70.5 Å². The maximum Gasteiger partial charge on any atom is 0.306 e. The van der Waals surface area contributed by atoms with Crippen LogP contribution in [0.25, 0.3) is 0 Å². The third kappa shape index (κ3) is 28.3. The molecule has 41 heavy (non-hydrogen) atoms. The van der Waals surface area contributed by atoms with Crippen molar-refractivity contribution in [3.8, 4) is 0 Å². The summed E-state index contributed by atoms with van der Waals surface area (Å²) in [6.45, 7) is -0.432. The van der Waals surface area contributed by atoms with Gasteiger partial charge in [-0.3, -0.25) is 24.0 Å². The van der Waals surface area contributed by atoms with Gasteiger partial charge in [-0.15, -0.1) is 0 Å². The topological polar surface area (TPSA) is 171 Å². The summed E-state index contributed by atoms with van der Waals surface area (Å²) < 4.78 is 16.0. The molecular weight excluding hydrogens is 536 g/mol. The van der Waals surface area contributed by atoms with Gasteiger partial charge in [0.15, 0.2) is 6.10 Å². The van der Waals surface area contributed by atoms with Crippen molar-refractivity contribution in [3.63, 3.8) is 0 Å². The molecule has 0 amide bonds. The van der Waals surface area contributed by atoms with Crippen molar-refractivity contribution < 1.29 is 53.2 Å². The fourth-order valence-electron chi connectivity index (χ4n) is 4.06. The quantitative estimate of drug-likeness (QED) is 0.0487. The largest absolute Gasteiger partial charge is 0.481 e. The van der Waals surface area contributed by atoms with Gasteiger partial charge in [-0.25, -0.2) is 0 Å². The molecule has 11 heteroatoms. The fourth-order valence-corrected chi connectivity index (χ4v) is 4.06. The Balaban J connectivity index is 4.41. The molecule has 0 aliphatic carbocycles. The first kappa shape index (κ1) is 38.0. The number of carboxylic acid groups (broad SMARTS) is 2. The third-order valence-electron chi connectivity index (χ3n) is 6.40. The number of carbonyl (C=O) groups is 6. The Morgan fingerprint density at radius 2 is 0.829 bits per heavy atom. The zero-order valence-corrected chi connectivity index (χ0v) is 24.5. The van der Waals surface area contributed by atoms with Crippen molar-refractivity contribution in [2.45, 2.75) is 141 Å². The number of carbonyl (C=O) groups excluding carboxylic acids is 4. The number of hydrogen-bond acceptors (Lipinski definition) is 9. The number of aldehydes is 1. The predicted octanol–water partition coefficient (Wildman–Crippen LogP) is 5.54. The predicted molar refractivity (Wildman–Crippen MR) is 150 cm³/mol. The fraction of sp³-hybridized carbons (Fsp3) is 0.800. The van der Waals surface area contributed by atoms with Gasteiger partial charge >= 0.3 is 29.8 Å². The van der Waals surface area contributed by atoms with E-state index < -0.39 is 36.0 Å². The smallest absolute Gasteiger partial charge is 0.306 e. The van der Waals surface area contributed by atoms with Crippen LogP contribution in [0.5, 0.6) is 0 Å². The Kier molecular flexibility index (Phi) is 25.2. The molecule has 0 saturated heterocycles. The molecule has 0 saturated carbocycles. The zero-order chi connectivity index (χ0) is 30.6. The Bertz CT molecular complexity index is 751. The normalized spacial score (nSPS) is 11.4. The second-order valence-electron chi connectivity index (χ2n) is 10.3. The van der Waals surface area contributed by atoms with Crippen molar-refractivity contribution in [3.05, 3.63) is 0 Å². The van der Waals surface area contributed by atoms with Crippen molar-refractivity contribution in [1.29, 1.82) is 0 Å². The van der Waals surface area contributed by atoms with E-state index in [2.05, 4.69) is 0 Å². The highest BCUT2D eigenvalue weighted by atomic mass is 16.6. The van der Waals surface area contributed by atoms with Gasteiger partial charge in [-0.1, -0.05) is 57.8 Å². The molecule has 0 fully saturated rings. The number of carboxylic acids is 2. The van der Waals surface area contributed by atoms with Gasteiger partial charge in [0.2, 0.25) is 0 Å². The van der Waals surface area contributed by atoms with Gasteiger partial charge in [0.05, 0.1) is 0 Å². The minimum Gasteiger partial charge on any atom is -0.481 e. The van der Waals surface area contributed by atoms with E-state index in [1.165, 1.54) is 0 Å². The summed E-state index contributed by atoms with van der Waals surface area (Å²) in [6, 6.07) is 0. The zero-order valence-electron chi connectivity index (χ0n) is 24.5. The van der Waals surface area contributed by atoms with Gasteiger partial charge in [0, 0.05) is 38.5 Å². The lowest BCUT2D eigenvalue weighted by Crippen LogP contribution is -2.30. The lowest BCUT2D eigenvalue weighted by Gasteiger charge is -2.18. The van der Waals surface area contributed by atoms with Gasteiger partial charge in [0.1, 0.15) is 19.5 Å². The SMILES string of the molecule is O=CCCCCCCCC(=O)OCC(COC(=O)CCCCCCCC(=O)O)OC(=O)CCCCCCCC(=O)O. The van der Waals surface area contributed by atoms with Crippen LogP contribution in [-0.4, -0.2) is 65.7 Å². The summed E-state index contributed by atoms with van der Waals surface area (Å²) in [5.41, 5.74) is 0. The second kappa shape index (κ2) is 27.2. The molecule has 0 rings (SSSR count). The number of rotatable bonds is 29. The van der Waals surface area contributed by atoms with E-state index in [1.54, 1.807) is 0 Å². The summed E-state index contributed by atoms with van der Waals surface area (Å²) in [7, 11) is 0. The van der Waals surface area contributed by atoms with Crippen LogP contribution in [0.2, 0.25) is 0 Å². The molecule has 0 aromatic heterocycles. The molecular formula is C30H50O11. The van der Waals surface area contributed by atoms with Crippen LogP contribution < -0.4 is 0 Å². The first-order valence-electron chi connectivity index (χ1n) is 15.1. The standard InChI is InChI=1S/C30H50O11/c31-22-16-10-2-1-7-13-19-28(36)39-23-25(41-30(38)21-15-9-4-6-12-18-27(34)35)24-40-29(37)20-14-8-3-5-11-17-26(32)33/h22,25H,1-21,23-24H2,(H,32,33)(H,34,35). The van der Waals surface area contributed by atoms with E-state index in [4.69, 9.17) is 24.4 Å². The maximum absolute atomic E-state index is 12.3. The molecule has 1 unspecified atom stereocenters. The lowest BCUT2D eigenvalue weighted by molar-refractivity contribution is -0.167. The summed E-state index contributed by atoms with van der Waals surface area (Å²) in [4.78, 5) is 68.1. The minimum absolute atomic E-state index is 0.134. The van der Waals surface area contributed by atoms with Crippen molar-refractivity contribution in [2.24, 2.45) is 0 Å². The molecule has 0 spiro atoms. The molecule has 2 N–H and O–H groups in total. The van der Waals surface area contributed by atoms with Crippen molar-refractivity contribution in [2.75, 3.05) is 13.2 Å². The summed E-state index contributed by atoms with van der Waals surface area (Å²) in [6.07, 6.45) is 12.7. The van der Waals surface area contributed by atoms with Crippen LogP contribution in [-0.2, 0) is 43.0 Å². The molecule has 0 aliphatic rings. The van der Waals surface area contributed by atoms with E-state index >= 15 is 0 Å².